The van der Waals surface area contributed by atoms with Gasteiger partial charge in [0.15, 0.2) is 0 Å². The Balaban J connectivity index is -0.0000000178. The Hall–Kier alpha value is 2.41. The summed E-state index contributed by atoms with van der Waals surface area (Å²) >= 11 is 0. The van der Waals surface area contributed by atoms with Crippen molar-refractivity contribution in [2.45, 2.75) is 0 Å². The minimum Gasteiger partial charge on any atom is -0.759 e. The average molecular weight is 304 g/mol. The molecule has 74 valence electrons. The Bertz CT molecular complexity index is 217. The van der Waals surface area contributed by atoms with E-state index in [1.54, 1.807) is 0 Å². The molecule has 0 amide bonds. The van der Waals surface area contributed by atoms with Gasteiger partial charge in [-0.15, -0.1) is 0 Å². The third kappa shape index (κ3) is 445. The van der Waals surface area contributed by atoms with Gasteiger partial charge in [-0.3, -0.25) is 16.8 Å². The molecule has 0 aromatic rings. The van der Waals surface area contributed by atoms with Gasteiger partial charge in [0.25, 0.3) is 0 Å². The first kappa shape index (κ1) is 36.0. The summed E-state index contributed by atoms with van der Waals surface area (Å²) in [5.41, 5.74) is 0. The minimum atomic E-state index is -5.17. The summed E-state index contributed by atoms with van der Waals surface area (Å²) < 4.78 is 68.2. The van der Waals surface area contributed by atoms with Gasteiger partial charge in [-0.25, -0.2) is 0 Å². The molecule has 9 nitrogen and oxygen atoms in total. The second kappa shape index (κ2) is 15.4. The smallest absolute Gasteiger partial charge is 0.759 e. The van der Waals surface area contributed by atoms with Crippen LogP contribution in [0.1, 0.15) is 0 Å². The SMILES string of the molecule is O.O=S(=O)([O-])[O-].O=S(=O)([O-])[O-].[Na+].[Na+].[Ti+2]. The number of hydrogen-bond acceptors (Lipinski definition) is 8. The standard InChI is InChI=1S/2Na.2H2O4S.H2O.Ti/c;;2*1-5(2,3)4;;/h;;2*(H2,1,2,3,4);1H2;/q2*+1;;;;+2/p-4. The first-order chi connectivity index (χ1) is 4.00. The van der Waals surface area contributed by atoms with Crippen LogP contribution in [-0.2, 0) is 42.5 Å². The Kier molecular flexibility index (Phi) is 39.6. The number of rotatable bonds is 0. The van der Waals surface area contributed by atoms with Gasteiger partial charge < -0.3 is 23.7 Å². The molecule has 0 radical (unpaired) electrons. The van der Waals surface area contributed by atoms with Gasteiger partial charge in [0.1, 0.15) is 0 Å². The monoisotopic (exact) mass is 304 g/mol. The van der Waals surface area contributed by atoms with Crippen molar-refractivity contribution in [3.8, 4) is 0 Å². The normalized spacial score (nSPS) is 8.29. The fourth-order valence-electron chi connectivity index (χ4n) is 0. The molecule has 0 aromatic carbocycles. The molecule has 0 unspecified atom stereocenters. The van der Waals surface area contributed by atoms with Gasteiger partial charge in [0, 0.05) is 20.8 Å². The second-order valence-electron chi connectivity index (χ2n) is 0.816. The summed E-state index contributed by atoms with van der Waals surface area (Å²) in [4.78, 5) is 0. The maximum Gasteiger partial charge on any atom is 2.00 e. The van der Waals surface area contributed by atoms with E-state index in [0.717, 1.165) is 0 Å². The first-order valence-electron chi connectivity index (χ1n) is 1.33. The fourth-order valence-corrected chi connectivity index (χ4v) is 0. The third-order valence-corrected chi connectivity index (χ3v) is 0. The molecule has 0 atom stereocenters. The van der Waals surface area contributed by atoms with Crippen LogP contribution in [0.3, 0.4) is 0 Å². The Morgan fingerprint density at radius 3 is 0.643 bits per heavy atom. The third-order valence-electron chi connectivity index (χ3n) is 0. The van der Waals surface area contributed by atoms with Crippen molar-refractivity contribution in [3.63, 3.8) is 0 Å². The van der Waals surface area contributed by atoms with E-state index >= 15 is 0 Å². The maximum atomic E-state index is 8.52. The van der Waals surface area contributed by atoms with Crippen LogP contribution >= 0.6 is 0 Å². The summed E-state index contributed by atoms with van der Waals surface area (Å²) in [5.74, 6) is 0. The van der Waals surface area contributed by atoms with E-state index < -0.39 is 20.8 Å². The van der Waals surface area contributed by atoms with Crippen LogP contribution in [0.15, 0.2) is 0 Å². The van der Waals surface area contributed by atoms with Crippen molar-refractivity contribution in [1.29, 1.82) is 0 Å². The topological polar surface area (TPSA) is 192 Å². The summed E-state index contributed by atoms with van der Waals surface area (Å²) in [5, 5.41) is 0. The molecule has 2 N–H and O–H groups in total. The summed E-state index contributed by atoms with van der Waals surface area (Å²) in [6, 6.07) is 0. The molecular formula is H2Na2O9S2Ti. The van der Waals surface area contributed by atoms with E-state index in [1.165, 1.54) is 0 Å². The zero-order valence-electron chi connectivity index (χ0n) is 7.08. The molecule has 0 aliphatic carbocycles. The van der Waals surface area contributed by atoms with Crippen molar-refractivity contribution < 1.29 is 121 Å². The van der Waals surface area contributed by atoms with Crippen LogP contribution in [0.2, 0.25) is 0 Å². The van der Waals surface area contributed by atoms with Crippen molar-refractivity contribution in [1.82, 2.24) is 0 Å². The summed E-state index contributed by atoms with van der Waals surface area (Å²) in [7, 11) is -10.3. The number of hydrogen-bond donors (Lipinski definition) is 0. The molecular weight excluding hydrogens is 302 g/mol. The predicted molar refractivity (Wildman–Crippen MR) is 24.6 cm³/mol. The molecule has 0 spiro atoms. The molecule has 14 heavy (non-hydrogen) atoms. The molecule has 14 heteroatoms. The van der Waals surface area contributed by atoms with E-state index in [1.807, 2.05) is 0 Å². The molecule has 0 saturated carbocycles. The van der Waals surface area contributed by atoms with E-state index in [9.17, 15) is 0 Å². The van der Waals surface area contributed by atoms with E-state index in [-0.39, 0.29) is 86.3 Å². The van der Waals surface area contributed by atoms with E-state index in [0.29, 0.717) is 0 Å². The quantitative estimate of drug-likeness (QED) is 0.239. The summed E-state index contributed by atoms with van der Waals surface area (Å²) in [6.45, 7) is 0. The molecule has 0 bridgehead atoms. The minimum absolute atomic E-state index is 0. The summed E-state index contributed by atoms with van der Waals surface area (Å²) in [6.07, 6.45) is 0. The van der Waals surface area contributed by atoms with Gasteiger partial charge in [-0.2, -0.15) is 0 Å². The van der Waals surface area contributed by atoms with Gasteiger partial charge in [0.2, 0.25) is 0 Å². The maximum absolute atomic E-state index is 8.52. The largest absolute Gasteiger partial charge is 2.00 e. The van der Waals surface area contributed by atoms with E-state index in [2.05, 4.69) is 0 Å². The van der Waals surface area contributed by atoms with Crippen LogP contribution in [0.5, 0.6) is 0 Å². The van der Waals surface area contributed by atoms with Gasteiger partial charge in [-0.1, -0.05) is 0 Å². The fraction of sp³-hybridized carbons (Fsp3) is 0. The van der Waals surface area contributed by atoms with Gasteiger partial charge in [-0.05, 0) is 0 Å². The van der Waals surface area contributed by atoms with E-state index in [4.69, 9.17) is 35.0 Å². The Morgan fingerprint density at radius 1 is 0.643 bits per heavy atom. The second-order valence-corrected chi connectivity index (χ2v) is 2.45. The van der Waals surface area contributed by atoms with Crippen molar-refractivity contribution in [3.05, 3.63) is 0 Å². The van der Waals surface area contributed by atoms with Crippen LogP contribution < -0.4 is 59.1 Å². The molecule has 0 aliphatic heterocycles. The predicted octanol–water partition coefficient (Wildman–Crippen LogP) is -9.50. The average Bonchev–Trinajstić information content (AvgIpc) is 1.12. The zero-order chi connectivity index (χ0) is 9.00. The molecule has 0 heterocycles. The Labute approximate surface area is 140 Å². The molecule has 0 fully saturated rings. The van der Waals surface area contributed by atoms with Crippen LogP contribution in [0.25, 0.3) is 0 Å². The van der Waals surface area contributed by atoms with Crippen LogP contribution in [-0.4, -0.2) is 40.5 Å². The first-order valence-corrected chi connectivity index (χ1v) is 4.00. The zero-order valence-corrected chi connectivity index (χ0v) is 14.3. The Morgan fingerprint density at radius 2 is 0.643 bits per heavy atom. The van der Waals surface area contributed by atoms with Gasteiger partial charge in [0.05, 0.1) is 0 Å². The molecule has 0 rings (SSSR count). The van der Waals surface area contributed by atoms with Crippen molar-refractivity contribution >= 4 is 20.8 Å². The van der Waals surface area contributed by atoms with Crippen molar-refractivity contribution in [2.75, 3.05) is 0 Å². The molecule has 0 aliphatic rings. The van der Waals surface area contributed by atoms with Crippen LogP contribution in [0.4, 0.5) is 0 Å². The van der Waals surface area contributed by atoms with Gasteiger partial charge >= 0.3 is 80.8 Å². The van der Waals surface area contributed by atoms with Crippen molar-refractivity contribution in [2.24, 2.45) is 0 Å². The molecule has 0 aromatic heterocycles. The van der Waals surface area contributed by atoms with Crippen LogP contribution in [0, 0.1) is 0 Å². The molecule has 0 saturated heterocycles.